The Morgan fingerprint density at radius 3 is 1.58 bits per heavy atom. The van der Waals surface area contributed by atoms with E-state index in [-0.39, 0.29) is 6.10 Å². The van der Waals surface area contributed by atoms with Gasteiger partial charge in [-0.15, -0.1) is 0 Å². The Bertz CT molecular complexity index is 368. The molecule has 146 valence electrons. The summed E-state index contributed by atoms with van der Waals surface area (Å²) in [7, 11) is -3.94. The lowest BCUT2D eigenvalue weighted by Crippen LogP contribution is -2.20. The molecule has 2 N–H and O–H groups in total. The topological polar surface area (TPSA) is 74.6 Å². The molecular weight excluding hydrogens is 324 g/mol. The third kappa shape index (κ3) is 14.2. The van der Waals surface area contributed by atoms with Crippen LogP contribution in [0.15, 0.2) is 0 Å². The van der Waals surface area contributed by atoms with Crippen molar-refractivity contribution in [1.82, 2.24) is 0 Å². The lowest BCUT2D eigenvalue weighted by Gasteiger charge is -2.15. The highest BCUT2D eigenvalue weighted by Gasteiger charge is 2.22. The molecule has 0 spiro atoms. The molecular formula is C19H40O4S. The number of rotatable bonds is 17. The first-order valence-corrected chi connectivity index (χ1v) is 11.6. The number of aliphatic hydroxyl groups excluding tert-OH is 1. The van der Waals surface area contributed by atoms with E-state index in [2.05, 4.69) is 13.8 Å². The standard InChI is InChI=1S/C19H40O4S/c1-3-5-7-8-9-11-16-19(24(21,22)23)17-13-12-15-18(20)14-10-6-4-2/h18-20H,3-17H2,1-2H3,(H,21,22,23). The summed E-state index contributed by atoms with van der Waals surface area (Å²) in [5.41, 5.74) is 0. The summed E-state index contributed by atoms with van der Waals surface area (Å²) >= 11 is 0. The van der Waals surface area contributed by atoms with Crippen molar-refractivity contribution < 1.29 is 18.1 Å². The molecule has 0 aliphatic carbocycles. The summed E-state index contributed by atoms with van der Waals surface area (Å²) in [5.74, 6) is 0. The highest BCUT2D eigenvalue weighted by molar-refractivity contribution is 7.86. The van der Waals surface area contributed by atoms with E-state index in [1.807, 2.05) is 0 Å². The fourth-order valence-electron chi connectivity index (χ4n) is 3.12. The van der Waals surface area contributed by atoms with E-state index in [0.717, 1.165) is 64.2 Å². The predicted octanol–water partition coefficient (Wildman–Crippen LogP) is 5.50. The highest BCUT2D eigenvalue weighted by Crippen LogP contribution is 2.19. The molecule has 0 saturated carbocycles. The van der Waals surface area contributed by atoms with Crippen molar-refractivity contribution in [3.8, 4) is 0 Å². The molecule has 2 unspecified atom stereocenters. The Balaban J connectivity index is 3.88. The largest absolute Gasteiger partial charge is 0.393 e. The minimum absolute atomic E-state index is 0.265. The highest BCUT2D eigenvalue weighted by atomic mass is 32.2. The molecule has 0 heterocycles. The number of unbranched alkanes of at least 4 members (excludes halogenated alkanes) is 8. The van der Waals surface area contributed by atoms with Gasteiger partial charge in [0.25, 0.3) is 10.1 Å². The maximum Gasteiger partial charge on any atom is 0.267 e. The molecule has 2 atom stereocenters. The molecule has 0 aliphatic heterocycles. The zero-order valence-electron chi connectivity index (χ0n) is 15.9. The van der Waals surface area contributed by atoms with Gasteiger partial charge in [0, 0.05) is 0 Å². The van der Waals surface area contributed by atoms with E-state index < -0.39 is 15.4 Å². The van der Waals surface area contributed by atoms with Crippen molar-refractivity contribution in [2.24, 2.45) is 0 Å². The van der Waals surface area contributed by atoms with Crippen LogP contribution in [0, 0.1) is 0 Å². The first-order valence-electron chi connectivity index (χ1n) is 10.1. The summed E-state index contributed by atoms with van der Waals surface area (Å²) in [6.07, 6.45) is 14.0. The first-order chi connectivity index (χ1) is 11.4. The third-order valence-electron chi connectivity index (χ3n) is 4.76. The average Bonchev–Trinajstić information content (AvgIpc) is 2.51. The fourth-order valence-corrected chi connectivity index (χ4v) is 4.05. The van der Waals surface area contributed by atoms with Gasteiger partial charge in [-0.05, 0) is 25.7 Å². The van der Waals surface area contributed by atoms with Gasteiger partial charge in [-0.2, -0.15) is 8.42 Å². The van der Waals surface area contributed by atoms with Crippen LogP contribution in [0.25, 0.3) is 0 Å². The Labute approximate surface area is 150 Å². The molecule has 0 radical (unpaired) electrons. The van der Waals surface area contributed by atoms with Gasteiger partial charge in [-0.3, -0.25) is 4.55 Å². The van der Waals surface area contributed by atoms with Gasteiger partial charge >= 0.3 is 0 Å². The summed E-state index contributed by atoms with van der Waals surface area (Å²) < 4.78 is 32.4. The number of hydrogen-bond donors (Lipinski definition) is 2. The second-order valence-corrected chi connectivity index (χ2v) is 8.82. The van der Waals surface area contributed by atoms with Crippen molar-refractivity contribution >= 4 is 10.1 Å². The predicted molar refractivity (Wildman–Crippen MR) is 102 cm³/mol. The zero-order chi connectivity index (χ0) is 18.3. The van der Waals surface area contributed by atoms with Gasteiger partial charge in [-0.1, -0.05) is 84.5 Å². The van der Waals surface area contributed by atoms with E-state index in [0.29, 0.717) is 12.8 Å². The number of aliphatic hydroxyl groups is 1. The van der Waals surface area contributed by atoms with Crippen LogP contribution in [-0.4, -0.2) is 29.4 Å². The fraction of sp³-hybridized carbons (Fsp3) is 1.00. The van der Waals surface area contributed by atoms with Crippen LogP contribution in [0.3, 0.4) is 0 Å². The van der Waals surface area contributed by atoms with Crippen LogP contribution in [0.2, 0.25) is 0 Å². The molecule has 0 amide bonds. The van der Waals surface area contributed by atoms with Gasteiger partial charge in [-0.25, -0.2) is 0 Å². The molecule has 0 aromatic heterocycles. The summed E-state index contributed by atoms with van der Waals surface area (Å²) in [4.78, 5) is 0. The van der Waals surface area contributed by atoms with Crippen molar-refractivity contribution in [3.05, 3.63) is 0 Å². The first kappa shape index (κ1) is 23.9. The Morgan fingerprint density at radius 1 is 0.667 bits per heavy atom. The molecule has 0 aromatic carbocycles. The lowest BCUT2D eigenvalue weighted by molar-refractivity contribution is 0.147. The molecule has 24 heavy (non-hydrogen) atoms. The Morgan fingerprint density at radius 2 is 1.04 bits per heavy atom. The Kier molecular flexibility index (Phi) is 15.1. The molecule has 0 rings (SSSR count). The van der Waals surface area contributed by atoms with Crippen LogP contribution < -0.4 is 0 Å². The molecule has 5 heteroatoms. The van der Waals surface area contributed by atoms with Gasteiger partial charge in [0.2, 0.25) is 0 Å². The van der Waals surface area contributed by atoms with Crippen LogP contribution >= 0.6 is 0 Å². The molecule has 0 aliphatic rings. The summed E-state index contributed by atoms with van der Waals surface area (Å²) in [5, 5.41) is 9.25. The molecule has 0 bridgehead atoms. The zero-order valence-corrected chi connectivity index (χ0v) is 16.7. The van der Waals surface area contributed by atoms with Crippen LogP contribution in [0.5, 0.6) is 0 Å². The molecule has 0 fully saturated rings. The quantitative estimate of drug-likeness (QED) is 0.264. The SMILES string of the molecule is CCCCCCCCC(CCCCC(O)CCCCC)S(=O)(=O)O. The van der Waals surface area contributed by atoms with Crippen molar-refractivity contribution in [1.29, 1.82) is 0 Å². The van der Waals surface area contributed by atoms with Crippen molar-refractivity contribution in [3.63, 3.8) is 0 Å². The van der Waals surface area contributed by atoms with Crippen LogP contribution in [-0.2, 0) is 10.1 Å². The van der Waals surface area contributed by atoms with Gasteiger partial charge < -0.3 is 5.11 Å². The maximum atomic E-state index is 11.5. The Hall–Kier alpha value is -0.130. The van der Waals surface area contributed by atoms with E-state index >= 15 is 0 Å². The summed E-state index contributed by atoms with van der Waals surface area (Å²) in [6.45, 7) is 4.32. The second-order valence-electron chi connectivity index (χ2n) is 7.13. The minimum Gasteiger partial charge on any atom is -0.393 e. The maximum absolute atomic E-state index is 11.5. The monoisotopic (exact) mass is 364 g/mol. The van der Waals surface area contributed by atoms with Crippen LogP contribution in [0.1, 0.15) is 110 Å². The summed E-state index contributed by atoms with van der Waals surface area (Å²) in [6, 6.07) is 0. The van der Waals surface area contributed by atoms with Gasteiger partial charge in [0.1, 0.15) is 0 Å². The van der Waals surface area contributed by atoms with Crippen LogP contribution in [0.4, 0.5) is 0 Å². The second kappa shape index (κ2) is 15.2. The lowest BCUT2D eigenvalue weighted by atomic mass is 10.0. The normalized spacial score (nSPS) is 14.7. The molecule has 0 aromatic rings. The van der Waals surface area contributed by atoms with E-state index in [1.54, 1.807) is 0 Å². The van der Waals surface area contributed by atoms with E-state index in [1.165, 1.54) is 19.3 Å². The third-order valence-corrected chi connectivity index (χ3v) is 6.07. The number of hydrogen-bond acceptors (Lipinski definition) is 3. The van der Waals surface area contributed by atoms with E-state index in [9.17, 15) is 18.1 Å². The molecule has 4 nitrogen and oxygen atoms in total. The minimum atomic E-state index is -3.94. The van der Waals surface area contributed by atoms with Crippen molar-refractivity contribution in [2.45, 2.75) is 122 Å². The van der Waals surface area contributed by atoms with Gasteiger partial charge in [0.05, 0.1) is 11.4 Å². The van der Waals surface area contributed by atoms with E-state index in [4.69, 9.17) is 0 Å². The smallest absolute Gasteiger partial charge is 0.267 e. The van der Waals surface area contributed by atoms with Gasteiger partial charge in [0.15, 0.2) is 0 Å². The molecule has 0 saturated heterocycles. The average molecular weight is 365 g/mol. The van der Waals surface area contributed by atoms with Crippen molar-refractivity contribution in [2.75, 3.05) is 0 Å².